The maximum Gasteiger partial charge on any atom is 0.0625 e. The van der Waals surface area contributed by atoms with E-state index in [0.717, 1.165) is 25.1 Å². The predicted molar refractivity (Wildman–Crippen MR) is 49.9 cm³/mol. The molecule has 0 aliphatic carbocycles. The van der Waals surface area contributed by atoms with E-state index in [1.54, 1.807) is 0 Å². The molecular formula is C9H17N3. The molecule has 0 saturated heterocycles. The Morgan fingerprint density at radius 1 is 1.50 bits per heavy atom. The summed E-state index contributed by atoms with van der Waals surface area (Å²) in [6.07, 6.45) is 5.47. The van der Waals surface area contributed by atoms with Crippen LogP contribution >= 0.6 is 0 Å². The maximum absolute atomic E-state index is 5.42. The monoisotopic (exact) mass is 167 g/mol. The third kappa shape index (κ3) is 2.34. The molecule has 0 radical (unpaired) electrons. The number of nitrogens with two attached hydrogens (primary N) is 1. The minimum atomic E-state index is 0.791. The van der Waals surface area contributed by atoms with Gasteiger partial charge in [0, 0.05) is 13.2 Å². The van der Waals surface area contributed by atoms with Crippen LogP contribution in [0, 0.1) is 6.92 Å². The van der Waals surface area contributed by atoms with Gasteiger partial charge in [-0.05, 0) is 38.3 Å². The molecular weight excluding hydrogens is 150 g/mol. The fraction of sp³-hybridized carbons (Fsp3) is 0.667. The van der Waals surface area contributed by atoms with Crippen LogP contribution in [0.3, 0.4) is 0 Å². The molecule has 2 N–H and O–H groups in total. The zero-order chi connectivity index (χ0) is 8.97. The topological polar surface area (TPSA) is 43.8 Å². The SMILES string of the molecule is Cc1nn(C)cc1CCCCN. The van der Waals surface area contributed by atoms with Crippen LogP contribution in [-0.4, -0.2) is 16.3 Å². The van der Waals surface area contributed by atoms with Gasteiger partial charge in [-0.3, -0.25) is 4.68 Å². The molecule has 0 fully saturated rings. The highest BCUT2D eigenvalue weighted by Crippen LogP contribution is 2.08. The van der Waals surface area contributed by atoms with E-state index in [9.17, 15) is 0 Å². The third-order valence-electron chi connectivity index (χ3n) is 2.02. The molecule has 3 nitrogen and oxygen atoms in total. The van der Waals surface area contributed by atoms with Crippen molar-refractivity contribution in [3.63, 3.8) is 0 Å². The first-order valence-corrected chi connectivity index (χ1v) is 4.43. The molecule has 0 saturated carbocycles. The summed E-state index contributed by atoms with van der Waals surface area (Å²) in [6.45, 7) is 2.84. The Morgan fingerprint density at radius 3 is 2.75 bits per heavy atom. The van der Waals surface area contributed by atoms with Gasteiger partial charge in [0.15, 0.2) is 0 Å². The molecule has 0 aromatic carbocycles. The van der Waals surface area contributed by atoms with E-state index in [1.807, 2.05) is 11.7 Å². The van der Waals surface area contributed by atoms with Crippen LogP contribution in [0.2, 0.25) is 0 Å². The summed E-state index contributed by atoms with van der Waals surface area (Å²) in [5.41, 5.74) is 7.92. The van der Waals surface area contributed by atoms with Gasteiger partial charge in [0.05, 0.1) is 5.69 Å². The van der Waals surface area contributed by atoms with Crippen LogP contribution in [0.5, 0.6) is 0 Å². The van der Waals surface area contributed by atoms with E-state index in [1.165, 1.54) is 12.0 Å². The van der Waals surface area contributed by atoms with E-state index in [0.29, 0.717) is 0 Å². The average molecular weight is 167 g/mol. The molecule has 0 amide bonds. The molecule has 68 valence electrons. The zero-order valence-electron chi connectivity index (χ0n) is 7.88. The van der Waals surface area contributed by atoms with Crippen molar-refractivity contribution in [2.24, 2.45) is 12.8 Å². The first-order valence-electron chi connectivity index (χ1n) is 4.43. The normalized spacial score (nSPS) is 10.6. The van der Waals surface area contributed by atoms with Gasteiger partial charge in [0.25, 0.3) is 0 Å². The largest absolute Gasteiger partial charge is 0.330 e. The minimum absolute atomic E-state index is 0.791. The predicted octanol–water partition coefficient (Wildman–Crippen LogP) is 1.01. The molecule has 1 aromatic rings. The van der Waals surface area contributed by atoms with E-state index in [2.05, 4.69) is 18.2 Å². The quantitative estimate of drug-likeness (QED) is 0.680. The van der Waals surface area contributed by atoms with Crippen molar-refractivity contribution in [3.8, 4) is 0 Å². The minimum Gasteiger partial charge on any atom is -0.330 e. The Balaban J connectivity index is 2.45. The highest BCUT2D eigenvalue weighted by atomic mass is 15.2. The first kappa shape index (κ1) is 9.26. The van der Waals surface area contributed by atoms with Crippen LogP contribution in [0.4, 0.5) is 0 Å². The Bertz CT molecular complexity index is 240. The van der Waals surface area contributed by atoms with Crippen LogP contribution in [-0.2, 0) is 13.5 Å². The molecule has 3 heteroatoms. The lowest BCUT2D eigenvalue weighted by Crippen LogP contribution is -1.99. The van der Waals surface area contributed by atoms with Crippen LogP contribution in [0.1, 0.15) is 24.1 Å². The number of unbranched alkanes of at least 4 members (excludes halogenated alkanes) is 1. The van der Waals surface area contributed by atoms with Crippen molar-refractivity contribution in [3.05, 3.63) is 17.5 Å². The van der Waals surface area contributed by atoms with Gasteiger partial charge in [-0.2, -0.15) is 5.10 Å². The summed E-state index contributed by atoms with van der Waals surface area (Å²) in [5.74, 6) is 0. The van der Waals surface area contributed by atoms with E-state index in [4.69, 9.17) is 5.73 Å². The number of aryl methyl sites for hydroxylation is 3. The fourth-order valence-corrected chi connectivity index (χ4v) is 1.35. The summed E-state index contributed by atoms with van der Waals surface area (Å²) in [7, 11) is 1.96. The Hall–Kier alpha value is -0.830. The van der Waals surface area contributed by atoms with Gasteiger partial charge < -0.3 is 5.73 Å². The summed E-state index contributed by atoms with van der Waals surface area (Å²) in [4.78, 5) is 0. The lowest BCUT2D eigenvalue weighted by molar-refractivity contribution is 0.741. The van der Waals surface area contributed by atoms with Crippen molar-refractivity contribution in [1.29, 1.82) is 0 Å². The van der Waals surface area contributed by atoms with E-state index in [-0.39, 0.29) is 0 Å². The van der Waals surface area contributed by atoms with Crippen LogP contribution in [0.25, 0.3) is 0 Å². The van der Waals surface area contributed by atoms with Crippen molar-refractivity contribution < 1.29 is 0 Å². The summed E-state index contributed by atoms with van der Waals surface area (Å²) >= 11 is 0. The Labute approximate surface area is 73.6 Å². The van der Waals surface area contributed by atoms with Gasteiger partial charge in [-0.15, -0.1) is 0 Å². The lowest BCUT2D eigenvalue weighted by atomic mass is 10.1. The molecule has 0 spiro atoms. The number of hydrogen-bond donors (Lipinski definition) is 1. The number of aromatic nitrogens is 2. The zero-order valence-corrected chi connectivity index (χ0v) is 7.88. The number of hydrogen-bond acceptors (Lipinski definition) is 2. The standard InChI is InChI=1S/C9H17N3/c1-8-9(5-3-4-6-10)7-12(2)11-8/h7H,3-6,10H2,1-2H3. The van der Waals surface area contributed by atoms with E-state index < -0.39 is 0 Å². The molecule has 0 unspecified atom stereocenters. The van der Waals surface area contributed by atoms with Gasteiger partial charge >= 0.3 is 0 Å². The molecule has 12 heavy (non-hydrogen) atoms. The lowest BCUT2D eigenvalue weighted by Gasteiger charge is -1.96. The molecule has 0 aliphatic heterocycles. The summed E-state index contributed by atoms with van der Waals surface area (Å²) in [6, 6.07) is 0. The van der Waals surface area contributed by atoms with Crippen molar-refractivity contribution in [2.75, 3.05) is 6.54 Å². The molecule has 1 heterocycles. The Kier molecular flexibility index (Phi) is 3.29. The third-order valence-corrected chi connectivity index (χ3v) is 2.02. The van der Waals surface area contributed by atoms with E-state index >= 15 is 0 Å². The second-order valence-electron chi connectivity index (χ2n) is 3.16. The molecule has 0 aliphatic rings. The van der Waals surface area contributed by atoms with Gasteiger partial charge in [-0.1, -0.05) is 0 Å². The molecule has 0 atom stereocenters. The van der Waals surface area contributed by atoms with Crippen molar-refractivity contribution in [1.82, 2.24) is 9.78 Å². The Morgan fingerprint density at radius 2 is 2.25 bits per heavy atom. The fourth-order valence-electron chi connectivity index (χ4n) is 1.35. The number of rotatable bonds is 4. The number of nitrogens with zero attached hydrogens (tertiary/aromatic N) is 2. The average Bonchev–Trinajstić information content (AvgIpc) is 2.31. The summed E-state index contributed by atoms with van der Waals surface area (Å²) in [5, 5.41) is 4.28. The molecule has 1 rings (SSSR count). The first-order chi connectivity index (χ1) is 5.74. The summed E-state index contributed by atoms with van der Waals surface area (Å²) < 4.78 is 1.87. The van der Waals surface area contributed by atoms with Crippen LogP contribution in [0.15, 0.2) is 6.20 Å². The second-order valence-corrected chi connectivity index (χ2v) is 3.16. The highest BCUT2D eigenvalue weighted by Gasteiger charge is 2.01. The maximum atomic E-state index is 5.42. The van der Waals surface area contributed by atoms with Crippen molar-refractivity contribution in [2.45, 2.75) is 26.2 Å². The van der Waals surface area contributed by atoms with Gasteiger partial charge in [-0.25, -0.2) is 0 Å². The molecule has 1 aromatic heterocycles. The second kappa shape index (κ2) is 4.26. The van der Waals surface area contributed by atoms with Crippen molar-refractivity contribution >= 4 is 0 Å². The smallest absolute Gasteiger partial charge is 0.0625 e. The molecule has 0 bridgehead atoms. The highest BCUT2D eigenvalue weighted by molar-refractivity contribution is 5.15. The van der Waals surface area contributed by atoms with Crippen LogP contribution < -0.4 is 5.73 Å². The van der Waals surface area contributed by atoms with Gasteiger partial charge in [0.2, 0.25) is 0 Å². The van der Waals surface area contributed by atoms with Gasteiger partial charge in [0.1, 0.15) is 0 Å².